The number of aromatic nitrogens is 1. The number of rotatable bonds is 7. The van der Waals surface area contributed by atoms with Crippen molar-refractivity contribution in [3.63, 3.8) is 0 Å². The minimum absolute atomic E-state index is 0.101. The number of halogens is 1. The van der Waals surface area contributed by atoms with Crippen molar-refractivity contribution in [2.24, 2.45) is 16.8 Å². The molecule has 0 aliphatic heterocycles. The molecule has 2 aromatic carbocycles. The number of carbonyl (C=O) groups is 2. The Morgan fingerprint density at radius 1 is 1.16 bits per heavy atom. The molecular formula is C21H19ClN6O4. The molecule has 0 saturated carbocycles. The largest absolute Gasteiger partial charge is 0.478 e. The van der Waals surface area contributed by atoms with E-state index in [1.165, 1.54) is 52.4 Å². The third-order valence-electron chi connectivity index (χ3n) is 4.46. The Labute approximate surface area is 187 Å². The first-order chi connectivity index (χ1) is 15.3. The van der Waals surface area contributed by atoms with Crippen molar-refractivity contribution < 1.29 is 14.7 Å². The molecule has 1 aromatic heterocycles. The maximum Gasteiger partial charge on any atom is 0.335 e. The van der Waals surface area contributed by atoms with Gasteiger partial charge in [0.15, 0.2) is 0 Å². The highest BCUT2D eigenvalue weighted by Crippen LogP contribution is 2.31. The molecule has 32 heavy (non-hydrogen) atoms. The summed E-state index contributed by atoms with van der Waals surface area (Å²) in [6, 6.07) is 13.6. The highest BCUT2D eigenvalue weighted by atomic mass is 35.5. The Balaban J connectivity index is 1.80. The van der Waals surface area contributed by atoms with Crippen LogP contribution in [0, 0.1) is 0 Å². The number of carboxylic acid groups (broad SMARTS) is 1. The Morgan fingerprint density at radius 3 is 2.50 bits per heavy atom. The summed E-state index contributed by atoms with van der Waals surface area (Å²) >= 11 is 6.11. The average molecular weight is 455 g/mol. The van der Waals surface area contributed by atoms with Gasteiger partial charge in [-0.25, -0.2) is 10.6 Å². The number of aromatic carboxylic acids is 1. The van der Waals surface area contributed by atoms with Crippen molar-refractivity contribution in [3.05, 3.63) is 81.7 Å². The van der Waals surface area contributed by atoms with Gasteiger partial charge in [-0.2, -0.15) is 5.10 Å². The first kappa shape index (κ1) is 22.5. The van der Waals surface area contributed by atoms with E-state index in [4.69, 9.17) is 28.4 Å². The highest BCUT2D eigenvalue weighted by Gasteiger charge is 2.13. The smallest absolute Gasteiger partial charge is 0.335 e. The zero-order chi connectivity index (χ0) is 23.3. The van der Waals surface area contributed by atoms with E-state index in [2.05, 4.69) is 10.4 Å². The number of anilines is 2. The molecule has 0 saturated heterocycles. The van der Waals surface area contributed by atoms with Gasteiger partial charge in [-0.3, -0.25) is 14.6 Å². The monoisotopic (exact) mass is 454 g/mol. The minimum Gasteiger partial charge on any atom is -0.478 e. The van der Waals surface area contributed by atoms with Gasteiger partial charge in [0, 0.05) is 28.5 Å². The van der Waals surface area contributed by atoms with Crippen molar-refractivity contribution in [1.82, 2.24) is 4.57 Å². The number of nitrogens with two attached hydrogens (primary N) is 2. The Kier molecular flexibility index (Phi) is 6.88. The molecule has 10 nitrogen and oxygen atoms in total. The molecule has 1 amide bonds. The lowest BCUT2D eigenvalue weighted by Gasteiger charge is -2.17. The molecule has 164 valence electrons. The number of carboxylic acids is 1. The second-order valence-corrected chi connectivity index (χ2v) is 7.08. The third-order valence-corrected chi connectivity index (χ3v) is 4.70. The van der Waals surface area contributed by atoms with Gasteiger partial charge in [-0.1, -0.05) is 11.6 Å². The van der Waals surface area contributed by atoms with Crippen LogP contribution in [0.5, 0.6) is 0 Å². The summed E-state index contributed by atoms with van der Waals surface area (Å²) in [6.45, 7) is -0.231. The van der Waals surface area contributed by atoms with Gasteiger partial charge in [0.1, 0.15) is 12.9 Å². The number of benzene rings is 2. The summed E-state index contributed by atoms with van der Waals surface area (Å²) in [5.74, 6) is 9.56. The number of hydrogen-bond donors (Lipinski definition) is 4. The molecule has 0 aliphatic rings. The van der Waals surface area contributed by atoms with Crippen LogP contribution in [-0.4, -0.2) is 27.9 Å². The lowest BCUT2D eigenvalue weighted by atomic mass is 10.0. The van der Waals surface area contributed by atoms with E-state index in [-0.39, 0.29) is 12.1 Å². The van der Waals surface area contributed by atoms with E-state index in [0.717, 1.165) is 0 Å². The van der Waals surface area contributed by atoms with Gasteiger partial charge in [-0.05, 0) is 54.1 Å². The number of amides is 1. The summed E-state index contributed by atoms with van der Waals surface area (Å²) in [5, 5.41) is 16.6. The molecule has 11 heteroatoms. The maximum atomic E-state index is 12.6. The molecule has 0 spiro atoms. The van der Waals surface area contributed by atoms with E-state index < -0.39 is 17.4 Å². The van der Waals surface area contributed by atoms with Crippen LogP contribution in [0.2, 0.25) is 5.02 Å². The number of pyridine rings is 1. The van der Waals surface area contributed by atoms with Crippen molar-refractivity contribution in [1.29, 1.82) is 0 Å². The molecule has 3 rings (SSSR count). The fraction of sp³-hybridized carbons (Fsp3) is 0.0476. The van der Waals surface area contributed by atoms with E-state index in [1.54, 1.807) is 24.3 Å². The Bertz CT molecular complexity index is 1240. The fourth-order valence-corrected chi connectivity index (χ4v) is 3.13. The van der Waals surface area contributed by atoms with Gasteiger partial charge in [-0.15, -0.1) is 0 Å². The van der Waals surface area contributed by atoms with Crippen LogP contribution in [0.15, 0.2) is 70.7 Å². The van der Waals surface area contributed by atoms with E-state index in [1.807, 2.05) is 0 Å². The summed E-state index contributed by atoms with van der Waals surface area (Å²) < 4.78 is 1.23. The standard InChI is InChI=1S/C21H19ClN6O4/c22-15-3-6-18(28(24)12-25-23)17(10-15)14-7-8-27(20(30)9-14)11-19(29)26-16-4-1-13(2-5-16)21(31)32/h1-10,12H,11,23-24H2,(H,26,29)(H,31,32)/b25-12-. The van der Waals surface area contributed by atoms with Crippen LogP contribution < -0.4 is 27.6 Å². The lowest BCUT2D eigenvalue weighted by Crippen LogP contribution is -2.30. The normalized spacial score (nSPS) is 10.8. The number of hydrazine groups is 1. The molecule has 0 fully saturated rings. The quantitative estimate of drug-likeness (QED) is 0.184. The molecule has 0 radical (unpaired) electrons. The minimum atomic E-state index is -1.06. The van der Waals surface area contributed by atoms with Crippen LogP contribution in [-0.2, 0) is 11.3 Å². The molecule has 3 aromatic rings. The second-order valence-electron chi connectivity index (χ2n) is 6.65. The summed E-state index contributed by atoms with van der Waals surface area (Å²) in [6.07, 6.45) is 2.69. The predicted molar refractivity (Wildman–Crippen MR) is 123 cm³/mol. The Hall–Kier alpha value is -4.15. The van der Waals surface area contributed by atoms with Gasteiger partial charge in [0.2, 0.25) is 5.91 Å². The van der Waals surface area contributed by atoms with Crippen LogP contribution in [0.4, 0.5) is 11.4 Å². The van der Waals surface area contributed by atoms with Gasteiger partial charge in [0.25, 0.3) is 5.56 Å². The number of nitrogens with one attached hydrogen (secondary N) is 1. The number of carbonyl (C=O) groups excluding carboxylic acids is 1. The highest BCUT2D eigenvalue weighted by molar-refractivity contribution is 6.31. The van der Waals surface area contributed by atoms with Crippen LogP contribution in [0.1, 0.15) is 10.4 Å². The first-order valence-electron chi connectivity index (χ1n) is 9.19. The topological polar surface area (TPSA) is 156 Å². The summed E-state index contributed by atoms with van der Waals surface area (Å²) in [5.41, 5.74) is 1.73. The van der Waals surface area contributed by atoms with E-state index >= 15 is 0 Å². The first-order valence-corrected chi connectivity index (χ1v) is 9.57. The Morgan fingerprint density at radius 2 is 1.88 bits per heavy atom. The molecule has 0 atom stereocenters. The molecule has 0 bridgehead atoms. The van der Waals surface area contributed by atoms with Crippen molar-refractivity contribution >= 4 is 41.2 Å². The SMILES string of the molecule is N/N=C\N(N)c1ccc(Cl)cc1-c1ccn(CC(=O)Nc2ccc(C(=O)O)cc2)c(=O)c1. The van der Waals surface area contributed by atoms with Crippen LogP contribution in [0.3, 0.4) is 0 Å². The molecular weight excluding hydrogens is 436 g/mol. The maximum absolute atomic E-state index is 12.6. The lowest BCUT2D eigenvalue weighted by molar-refractivity contribution is -0.116. The fourth-order valence-electron chi connectivity index (χ4n) is 2.96. The van der Waals surface area contributed by atoms with Crippen molar-refractivity contribution in [3.8, 4) is 11.1 Å². The van der Waals surface area contributed by atoms with Crippen LogP contribution >= 0.6 is 11.6 Å². The van der Waals surface area contributed by atoms with Gasteiger partial charge in [0.05, 0.1) is 11.3 Å². The molecule has 6 N–H and O–H groups in total. The number of hydrazone groups is 1. The zero-order valence-corrected chi connectivity index (χ0v) is 17.4. The number of nitrogens with zero attached hydrogens (tertiary/aromatic N) is 3. The van der Waals surface area contributed by atoms with Crippen molar-refractivity contribution in [2.75, 3.05) is 10.3 Å². The zero-order valence-electron chi connectivity index (χ0n) is 16.6. The average Bonchev–Trinajstić information content (AvgIpc) is 2.75. The van der Waals surface area contributed by atoms with Crippen LogP contribution in [0.25, 0.3) is 11.1 Å². The van der Waals surface area contributed by atoms with Gasteiger partial charge < -0.3 is 20.8 Å². The van der Waals surface area contributed by atoms with Gasteiger partial charge >= 0.3 is 5.97 Å². The van der Waals surface area contributed by atoms with Crippen molar-refractivity contribution in [2.45, 2.75) is 6.54 Å². The summed E-state index contributed by atoms with van der Waals surface area (Å²) in [4.78, 5) is 35.8. The predicted octanol–water partition coefficient (Wildman–Crippen LogP) is 2.09. The summed E-state index contributed by atoms with van der Waals surface area (Å²) in [7, 11) is 0. The van der Waals surface area contributed by atoms with E-state index in [0.29, 0.717) is 27.5 Å². The second kappa shape index (κ2) is 9.77. The third kappa shape index (κ3) is 5.31. The molecule has 0 unspecified atom stereocenters. The molecule has 0 aliphatic carbocycles. The molecule has 1 heterocycles. The van der Waals surface area contributed by atoms with E-state index in [9.17, 15) is 14.4 Å². The number of hydrogen-bond acceptors (Lipinski definition) is 6.